The standard InChI is InChI=1S/C20H19Cl2N/c1-13(2)12-23-20-10-8-15(16-5-3-4-6-17(16)20)14-7-9-18(21)19(22)11-14/h3-7,9-11,15,23H,1,8,12H2,2H3. The first kappa shape index (κ1) is 16.2. The molecule has 2 aromatic carbocycles. The molecule has 0 saturated carbocycles. The molecule has 1 aliphatic carbocycles. The summed E-state index contributed by atoms with van der Waals surface area (Å²) in [5, 5.41) is 4.69. The molecule has 1 unspecified atom stereocenters. The Kier molecular flexibility index (Phi) is 4.79. The lowest BCUT2D eigenvalue weighted by molar-refractivity contribution is 0.799. The van der Waals surface area contributed by atoms with Crippen LogP contribution in [0.15, 0.2) is 60.7 Å². The van der Waals surface area contributed by atoms with Crippen molar-refractivity contribution in [2.45, 2.75) is 19.3 Å². The van der Waals surface area contributed by atoms with Crippen molar-refractivity contribution in [1.82, 2.24) is 5.32 Å². The van der Waals surface area contributed by atoms with Gasteiger partial charge in [0.1, 0.15) is 0 Å². The van der Waals surface area contributed by atoms with Gasteiger partial charge in [0.2, 0.25) is 0 Å². The Hall–Kier alpha value is -1.70. The van der Waals surface area contributed by atoms with Crippen LogP contribution in [0.5, 0.6) is 0 Å². The van der Waals surface area contributed by atoms with E-state index in [2.05, 4.69) is 48.3 Å². The van der Waals surface area contributed by atoms with Gasteiger partial charge in [-0.05, 0) is 36.6 Å². The normalized spacial score (nSPS) is 16.5. The molecule has 0 aliphatic heterocycles. The van der Waals surface area contributed by atoms with Crippen molar-refractivity contribution in [3.05, 3.63) is 87.4 Å². The number of benzene rings is 2. The summed E-state index contributed by atoms with van der Waals surface area (Å²) >= 11 is 12.3. The SMILES string of the molecule is C=C(C)CNC1=CCC(c2ccc(Cl)c(Cl)c2)c2ccccc21. The molecule has 0 fully saturated rings. The largest absolute Gasteiger partial charge is 0.381 e. The van der Waals surface area contributed by atoms with Crippen LogP contribution in [0.3, 0.4) is 0 Å². The molecule has 1 aliphatic rings. The Labute approximate surface area is 147 Å². The number of hydrogen-bond donors (Lipinski definition) is 1. The molecule has 0 saturated heterocycles. The van der Waals surface area contributed by atoms with E-state index in [0.717, 1.165) is 18.5 Å². The fourth-order valence-corrected chi connectivity index (χ4v) is 3.28. The van der Waals surface area contributed by atoms with Gasteiger partial charge in [-0.15, -0.1) is 0 Å². The van der Waals surface area contributed by atoms with Gasteiger partial charge in [0, 0.05) is 23.7 Å². The first-order chi connectivity index (χ1) is 11.1. The number of fused-ring (bicyclic) bond motifs is 1. The van der Waals surface area contributed by atoms with Gasteiger partial charge in [-0.25, -0.2) is 0 Å². The minimum atomic E-state index is 0.302. The zero-order valence-corrected chi connectivity index (χ0v) is 14.6. The van der Waals surface area contributed by atoms with E-state index in [-0.39, 0.29) is 0 Å². The van der Waals surface area contributed by atoms with E-state index in [1.807, 2.05) is 19.1 Å². The summed E-state index contributed by atoms with van der Waals surface area (Å²) in [4.78, 5) is 0. The van der Waals surface area contributed by atoms with Crippen LogP contribution in [-0.4, -0.2) is 6.54 Å². The maximum Gasteiger partial charge on any atom is 0.0595 e. The van der Waals surface area contributed by atoms with Crippen molar-refractivity contribution in [2.24, 2.45) is 0 Å². The molecule has 118 valence electrons. The van der Waals surface area contributed by atoms with E-state index in [4.69, 9.17) is 23.2 Å². The lowest BCUT2D eigenvalue weighted by atomic mass is 9.81. The smallest absolute Gasteiger partial charge is 0.0595 e. The van der Waals surface area contributed by atoms with Crippen molar-refractivity contribution < 1.29 is 0 Å². The fraction of sp³-hybridized carbons (Fsp3) is 0.200. The maximum absolute atomic E-state index is 6.20. The Bertz CT molecular complexity index is 777. The average Bonchev–Trinajstić information content (AvgIpc) is 2.55. The molecule has 0 radical (unpaired) electrons. The highest BCUT2D eigenvalue weighted by Gasteiger charge is 2.23. The van der Waals surface area contributed by atoms with Crippen LogP contribution in [0, 0.1) is 0 Å². The highest BCUT2D eigenvalue weighted by molar-refractivity contribution is 6.42. The van der Waals surface area contributed by atoms with Crippen molar-refractivity contribution in [2.75, 3.05) is 6.54 Å². The number of rotatable bonds is 4. The second-order valence-electron chi connectivity index (χ2n) is 5.98. The van der Waals surface area contributed by atoms with Gasteiger partial charge in [-0.3, -0.25) is 0 Å². The molecular formula is C20H19Cl2N. The van der Waals surface area contributed by atoms with Gasteiger partial charge in [0.25, 0.3) is 0 Å². The molecule has 0 aromatic heterocycles. The summed E-state index contributed by atoms with van der Waals surface area (Å²) < 4.78 is 0. The van der Waals surface area contributed by atoms with Crippen LogP contribution >= 0.6 is 23.2 Å². The van der Waals surface area contributed by atoms with Gasteiger partial charge in [0.15, 0.2) is 0 Å². The molecule has 1 atom stereocenters. The van der Waals surface area contributed by atoms with Crippen molar-refractivity contribution >= 4 is 28.9 Å². The number of nitrogens with one attached hydrogen (secondary N) is 1. The quantitative estimate of drug-likeness (QED) is 0.667. The summed E-state index contributed by atoms with van der Waals surface area (Å²) in [5.74, 6) is 0.302. The highest BCUT2D eigenvalue weighted by atomic mass is 35.5. The lowest BCUT2D eigenvalue weighted by Crippen LogP contribution is -2.19. The number of hydrogen-bond acceptors (Lipinski definition) is 1. The van der Waals surface area contributed by atoms with Gasteiger partial charge in [-0.2, -0.15) is 0 Å². The second-order valence-corrected chi connectivity index (χ2v) is 6.79. The molecule has 3 heteroatoms. The van der Waals surface area contributed by atoms with Crippen molar-refractivity contribution in [1.29, 1.82) is 0 Å². The summed E-state index contributed by atoms with van der Waals surface area (Å²) in [6, 6.07) is 14.4. The van der Waals surface area contributed by atoms with E-state index in [0.29, 0.717) is 16.0 Å². The van der Waals surface area contributed by atoms with Gasteiger partial charge in [-0.1, -0.05) is 71.8 Å². The molecular weight excluding hydrogens is 325 g/mol. The van der Waals surface area contributed by atoms with E-state index in [1.54, 1.807) is 0 Å². The maximum atomic E-state index is 6.20. The zero-order valence-electron chi connectivity index (χ0n) is 13.1. The Morgan fingerprint density at radius 3 is 2.70 bits per heavy atom. The first-order valence-electron chi connectivity index (χ1n) is 7.69. The lowest BCUT2D eigenvalue weighted by Gasteiger charge is -2.27. The van der Waals surface area contributed by atoms with Crippen LogP contribution < -0.4 is 5.32 Å². The Morgan fingerprint density at radius 2 is 1.96 bits per heavy atom. The van der Waals surface area contributed by atoms with Gasteiger partial charge in [0.05, 0.1) is 10.0 Å². The third-order valence-corrected chi connectivity index (χ3v) is 4.85. The predicted octanol–water partition coefficient (Wildman–Crippen LogP) is 6.04. The molecule has 0 bridgehead atoms. The van der Waals surface area contributed by atoms with Crippen LogP contribution in [0.4, 0.5) is 0 Å². The van der Waals surface area contributed by atoms with Crippen LogP contribution in [0.2, 0.25) is 10.0 Å². The molecule has 3 rings (SSSR count). The predicted molar refractivity (Wildman–Crippen MR) is 100 cm³/mol. The molecule has 0 spiro atoms. The minimum Gasteiger partial charge on any atom is -0.381 e. The molecule has 2 aromatic rings. The highest BCUT2D eigenvalue weighted by Crippen LogP contribution is 2.39. The fourth-order valence-electron chi connectivity index (χ4n) is 2.98. The Morgan fingerprint density at radius 1 is 1.17 bits per heavy atom. The molecule has 0 heterocycles. The monoisotopic (exact) mass is 343 g/mol. The summed E-state index contributed by atoms with van der Waals surface area (Å²) in [6.45, 7) is 6.78. The Balaban J connectivity index is 1.97. The van der Waals surface area contributed by atoms with Crippen molar-refractivity contribution in [3.63, 3.8) is 0 Å². The molecule has 23 heavy (non-hydrogen) atoms. The number of allylic oxidation sites excluding steroid dienone is 1. The second kappa shape index (κ2) is 6.82. The minimum absolute atomic E-state index is 0.302. The van der Waals surface area contributed by atoms with Crippen LogP contribution in [0.25, 0.3) is 5.70 Å². The van der Waals surface area contributed by atoms with E-state index in [1.165, 1.54) is 22.4 Å². The van der Waals surface area contributed by atoms with Gasteiger partial charge >= 0.3 is 0 Å². The topological polar surface area (TPSA) is 12.0 Å². The first-order valence-corrected chi connectivity index (χ1v) is 8.44. The van der Waals surface area contributed by atoms with Crippen molar-refractivity contribution in [3.8, 4) is 0 Å². The van der Waals surface area contributed by atoms with E-state index in [9.17, 15) is 0 Å². The summed E-state index contributed by atoms with van der Waals surface area (Å²) in [5.41, 5.74) is 6.06. The summed E-state index contributed by atoms with van der Waals surface area (Å²) in [7, 11) is 0. The van der Waals surface area contributed by atoms with E-state index < -0.39 is 0 Å². The van der Waals surface area contributed by atoms with Gasteiger partial charge < -0.3 is 5.32 Å². The zero-order chi connectivity index (χ0) is 16.4. The molecule has 1 nitrogen and oxygen atoms in total. The number of halogens is 2. The van der Waals surface area contributed by atoms with Crippen LogP contribution in [0.1, 0.15) is 36.0 Å². The average molecular weight is 344 g/mol. The summed E-state index contributed by atoms with van der Waals surface area (Å²) in [6.07, 6.45) is 3.20. The molecule has 1 N–H and O–H groups in total. The van der Waals surface area contributed by atoms with Crippen LogP contribution in [-0.2, 0) is 0 Å². The van der Waals surface area contributed by atoms with E-state index >= 15 is 0 Å². The third-order valence-electron chi connectivity index (χ3n) is 4.11. The molecule has 0 amide bonds. The third kappa shape index (κ3) is 3.46.